The Kier molecular flexibility index (Phi) is 4.00. The topological polar surface area (TPSA) is 29.1 Å². The molecule has 1 amide bonds. The van der Waals surface area contributed by atoms with E-state index in [1.807, 2.05) is 54.6 Å². The summed E-state index contributed by atoms with van der Waals surface area (Å²) in [6.07, 6.45) is 0. The van der Waals surface area contributed by atoms with E-state index >= 15 is 0 Å². The summed E-state index contributed by atoms with van der Waals surface area (Å²) in [4.78, 5) is 11.9. The van der Waals surface area contributed by atoms with Crippen LogP contribution in [0.2, 0.25) is 0 Å². The van der Waals surface area contributed by atoms with Crippen LogP contribution in [0.1, 0.15) is 15.9 Å². The normalized spacial score (nSPS) is 9.94. The molecule has 2 aromatic carbocycles. The van der Waals surface area contributed by atoms with Crippen molar-refractivity contribution < 1.29 is 4.79 Å². The van der Waals surface area contributed by atoms with Gasteiger partial charge in [0.1, 0.15) is 0 Å². The Morgan fingerprint density at radius 2 is 1.65 bits per heavy atom. The second kappa shape index (κ2) is 5.69. The van der Waals surface area contributed by atoms with E-state index in [-0.39, 0.29) is 5.91 Å². The third kappa shape index (κ3) is 3.21. The molecule has 2 radical (unpaired) electrons. The van der Waals surface area contributed by atoms with Crippen LogP contribution >= 0.6 is 0 Å². The first-order valence-electron chi connectivity index (χ1n) is 5.37. The maximum atomic E-state index is 11.9. The van der Waals surface area contributed by atoms with E-state index in [0.29, 0.717) is 12.1 Å². The summed E-state index contributed by atoms with van der Waals surface area (Å²) in [5.41, 5.74) is 1.81. The molecule has 17 heavy (non-hydrogen) atoms. The van der Waals surface area contributed by atoms with Crippen LogP contribution in [0.15, 0.2) is 54.6 Å². The molecule has 0 atom stereocenters. The van der Waals surface area contributed by atoms with E-state index in [0.717, 1.165) is 9.91 Å². The summed E-state index contributed by atoms with van der Waals surface area (Å²) in [6.45, 7) is 0.557. The van der Waals surface area contributed by atoms with Crippen molar-refractivity contribution in [1.82, 2.24) is 5.32 Å². The first-order chi connectivity index (χ1) is 8.27. The van der Waals surface area contributed by atoms with Crippen LogP contribution in [-0.2, 0) is 6.54 Å². The molecule has 3 heteroatoms. The quantitative estimate of drug-likeness (QED) is 0.849. The van der Waals surface area contributed by atoms with Crippen molar-refractivity contribution in [2.75, 3.05) is 0 Å². The third-order valence-electron chi connectivity index (χ3n) is 2.44. The fourth-order valence-electron chi connectivity index (χ4n) is 1.54. The van der Waals surface area contributed by atoms with E-state index in [2.05, 4.69) is 22.2 Å². The molecule has 84 valence electrons. The van der Waals surface area contributed by atoms with Gasteiger partial charge in [0.05, 0.1) is 0 Å². The van der Waals surface area contributed by atoms with Crippen molar-refractivity contribution in [2.24, 2.45) is 0 Å². The Labute approximate surface area is 110 Å². The third-order valence-corrected chi connectivity index (χ3v) is 3.26. The van der Waals surface area contributed by atoms with Crippen LogP contribution in [0.3, 0.4) is 0 Å². The fourth-order valence-corrected chi connectivity index (χ4v) is 2.09. The zero-order chi connectivity index (χ0) is 12.1. The van der Waals surface area contributed by atoms with Crippen molar-refractivity contribution in [3.05, 3.63) is 65.7 Å². The maximum absolute atomic E-state index is 11.9. The predicted molar refractivity (Wildman–Crippen MR) is 69.4 cm³/mol. The Balaban J connectivity index is 2.01. The van der Waals surface area contributed by atoms with Crippen molar-refractivity contribution in [1.29, 1.82) is 0 Å². The number of nitrogens with one attached hydrogen (secondary N) is 1. The van der Waals surface area contributed by atoms with Gasteiger partial charge in [-0.25, -0.2) is 0 Å². The van der Waals surface area contributed by atoms with Crippen molar-refractivity contribution in [2.45, 2.75) is 6.54 Å². The number of hydrogen-bond acceptors (Lipinski definition) is 1. The van der Waals surface area contributed by atoms with Gasteiger partial charge < -0.3 is 0 Å². The molecule has 0 saturated heterocycles. The van der Waals surface area contributed by atoms with Crippen LogP contribution in [0, 0.1) is 0 Å². The zero-order valence-electron chi connectivity index (χ0n) is 9.26. The molecule has 0 fully saturated rings. The molecule has 0 heterocycles. The summed E-state index contributed by atoms with van der Waals surface area (Å²) >= 11 is 2.42. The molecule has 0 aliphatic heterocycles. The molecule has 2 rings (SSSR count). The van der Waals surface area contributed by atoms with Gasteiger partial charge in [0.25, 0.3) is 0 Å². The van der Waals surface area contributed by atoms with Crippen LogP contribution in [0.4, 0.5) is 0 Å². The molecule has 0 unspecified atom stereocenters. The Morgan fingerprint density at radius 3 is 2.35 bits per heavy atom. The van der Waals surface area contributed by atoms with Gasteiger partial charge in [-0.1, -0.05) is 0 Å². The Hall–Kier alpha value is -1.53. The molecular weight excluding hydrogens is 273 g/mol. The van der Waals surface area contributed by atoms with Gasteiger partial charge in [-0.15, -0.1) is 0 Å². The van der Waals surface area contributed by atoms with Gasteiger partial charge in [0, 0.05) is 0 Å². The Bertz CT molecular complexity index is 511. The van der Waals surface area contributed by atoms with Gasteiger partial charge in [-0.3, -0.25) is 0 Å². The van der Waals surface area contributed by atoms with Crippen LogP contribution in [0.25, 0.3) is 0 Å². The van der Waals surface area contributed by atoms with Crippen LogP contribution in [0.5, 0.6) is 0 Å². The molecule has 0 aliphatic carbocycles. The molecule has 0 spiro atoms. The summed E-state index contributed by atoms with van der Waals surface area (Å²) in [6, 6.07) is 17.4. The van der Waals surface area contributed by atoms with Gasteiger partial charge in [-0.05, 0) is 0 Å². The molecule has 0 bridgehead atoms. The molecule has 0 saturated carbocycles. The van der Waals surface area contributed by atoms with Gasteiger partial charge in [-0.2, -0.15) is 0 Å². The first kappa shape index (κ1) is 11.9. The zero-order valence-corrected chi connectivity index (χ0v) is 11.1. The van der Waals surface area contributed by atoms with Gasteiger partial charge >= 0.3 is 109 Å². The van der Waals surface area contributed by atoms with Gasteiger partial charge in [0.2, 0.25) is 0 Å². The number of rotatable bonds is 3. The minimum atomic E-state index is -0.0370. The SMILES string of the molecule is O=C(NCc1ccccc1)c1ccccc1[As]. The van der Waals surface area contributed by atoms with Crippen LogP contribution in [-0.4, -0.2) is 22.8 Å². The molecule has 0 aliphatic rings. The van der Waals surface area contributed by atoms with Crippen molar-refractivity contribution in [3.8, 4) is 0 Å². The molecule has 2 aromatic rings. The standard InChI is InChI=1S/C14H12AsNO/c15-13-9-5-4-8-12(13)14(17)16-10-11-6-2-1-3-7-11/h1-9H,10H2,(H,16,17). The molecule has 2 nitrogen and oxygen atoms in total. The predicted octanol–water partition coefficient (Wildman–Crippen LogP) is 1.41. The van der Waals surface area contributed by atoms with Crippen molar-refractivity contribution >= 4 is 27.1 Å². The number of benzene rings is 2. The minimum absolute atomic E-state index is 0.0370. The second-order valence-corrected chi connectivity index (χ2v) is 4.70. The summed E-state index contributed by atoms with van der Waals surface area (Å²) in [5.74, 6) is -0.0370. The van der Waals surface area contributed by atoms with E-state index in [1.54, 1.807) is 0 Å². The first-order valence-corrected chi connectivity index (χ1v) is 6.31. The van der Waals surface area contributed by atoms with E-state index in [4.69, 9.17) is 0 Å². The average molecular weight is 285 g/mol. The molecular formula is C14H12AsNO. The molecule has 0 aromatic heterocycles. The van der Waals surface area contributed by atoms with E-state index in [1.165, 1.54) is 0 Å². The summed E-state index contributed by atoms with van der Waals surface area (Å²) < 4.78 is 0.936. The van der Waals surface area contributed by atoms with Crippen molar-refractivity contribution in [3.63, 3.8) is 0 Å². The van der Waals surface area contributed by atoms with E-state index in [9.17, 15) is 4.79 Å². The Morgan fingerprint density at radius 1 is 1.00 bits per heavy atom. The fraction of sp³-hybridized carbons (Fsp3) is 0.0714. The van der Waals surface area contributed by atoms with Gasteiger partial charge in [0.15, 0.2) is 0 Å². The average Bonchev–Trinajstić information content (AvgIpc) is 2.38. The second-order valence-electron chi connectivity index (χ2n) is 3.69. The summed E-state index contributed by atoms with van der Waals surface area (Å²) in [5, 5.41) is 2.91. The number of carbonyl (C=O) groups excluding carboxylic acids is 1. The van der Waals surface area contributed by atoms with Crippen LogP contribution < -0.4 is 9.67 Å². The number of carbonyl (C=O) groups is 1. The molecule has 1 N–H and O–H groups in total. The van der Waals surface area contributed by atoms with E-state index < -0.39 is 0 Å². The monoisotopic (exact) mass is 285 g/mol. The summed E-state index contributed by atoms with van der Waals surface area (Å²) in [7, 11) is 0. The number of amides is 1. The number of hydrogen-bond donors (Lipinski definition) is 1.